The van der Waals surface area contributed by atoms with Crippen molar-refractivity contribution in [2.45, 2.75) is 148 Å². The monoisotopic (exact) mass is 414 g/mol. The Morgan fingerprint density at radius 3 is 0.857 bits per heavy atom. The Labute approximate surface area is 182 Å². The number of carboxylic acids is 1. The number of hydrogen-bond donors (Lipinski definition) is 2. The van der Waals surface area contributed by atoms with Gasteiger partial charge in [-0.15, -0.1) is 0 Å². The predicted molar refractivity (Wildman–Crippen MR) is 128 cm³/mol. The Kier molecular flexibility index (Phi) is 24.7. The normalized spacial score (nSPS) is 11.2. The average Bonchev–Trinajstić information content (AvgIpc) is 2.68. The Balaban J connectivity index is 2.99. The van der Waals surface area contributed by atoms with E-state index in [0.717, 1.165) is 18.6 Å². The molecule has 3 heteroatoms. The second-order valence-electron chi connectivity index (χ2n) is 8.65. The van der Waals surface area contributed by atoms with Gasteiger partial charge in [-0.05, 0) is 18.6 Å². The molecule has 0 aliphatic carbocycles. The molecule has 0 radical (unpaired) electrons. The van der Waals surface area contributed by atoms with Gasteiger partial charge in [-0.2, -0.15) is 12.6 Å². The molecule has 1 N–H and O–H groups in total. The minimum absolute atomic E-state index is 0.344. The van der Waals surface area contributed by atoms with E-state index in [9.17, 15) is 4.79 Å². The van der Waals surface area contributed by atoms with Gasteiger partial charge < -0.3 is 5.11 Å². The molecule has 0 spiro atoms. The smallest absolute Gasteiger partial charge is 0.303 e. The van der Waals surface area contributed by atoms with Crippen LogP contribution >= 0.6 is 12.6 Å². The molecule has 168 valence electrons. The zero-order chi connectivity index (χ0) is 20.5. The van der Waals surface area contributed by atoms with E-state index in [-0.39, 0.29) is 0 Å². The van der Waals surface area contributed by atoms with Crippen molar-refractivity contribution in [2.75, 3.05) is 5.75 Å². The molecule has 0 rings (SSSR count). The maximum Gasteiger partial charge on any atom is 0.303 e. The minimum atomic E-state index is -0.651. The van der Waals surface area contributed by atoms with Crippen molar-refractivity contribution in [3.05, 3.63) is 0 Å². The highest BCUT2D eigenvalue weighted by Gasteiger charge is 1.97. The molecule has 0 fully saturated rings. The third-order valence-corrected chi connectivity index (χ3v) is 6.11. The Morgan fingerprint density at radius 1 is 0.429 bits per heavy atom. The van der Waals surface area contributed by atoms with E-state index >= 15 is 0 Å². The summed E-state index contributed by atoms with van der Waals surface area (Å²) in [7, 11) is 0. The highest BCUT2D eigenvalue weighted by atomic mass is 32.1. The van der Waals surface area contributed by atoms with Gasteiger partial charge >= 0.3 is 5.97 Å². The lowest BCUT2D eigenvalue weighted by atomic mass is 10.0. The lowest BCUT2D eigenvalue weighted by Gasteiger charge is -2.04. The fourth-order valence-corrected chi connectivity index (χ4v) is 4.15. The van der Waals surface area contributed by atoms with Gasteiger partial charge in [0.25, 0.3) is 0 Å². The quantitative estimate of drug-likeness (QED) is 0.122. The summed E-state index contributed by atoms with van der Waals surface area (Å²) in [5, 5.41) is 8.58. The fraction of sp³-hybridized carbons (Fsp3) is 0.960. The van der Waals surface area contributed by atoms with Crippen LogP contribution < -0.4 is 0 Å². The van der Waals surface area contributed by atoms with Crippen molar-refractivity contribution in [3.8, 4) is 0 Å². The van der Waals surface area contributed by atoms with Gasteiger partial charge in [-0.25, -0.2) is 0 Å². The molecule has 0 unspecified atom stereocenters. The van der Waals surface area contributed by atoms with E-state index in [2.05, 4.69) is 12.6 Å². The van der Waals surface area contributed by atoms with Crippen LogP contribution in [0.2, 0.25) is 0 Å². The van der Waals surface area contributed by atoms with Gasteiger partial charge in [-0.3, -0.25) is 4.79 Å². The van der Waals surface area contributed by atoms with Crippen LogP contribution in [0.5, 0.6) is 0 Å². The molecular formula is C25H50O2S. The van der Waals surface area contributed by atoms with E-state index in [1.165, 1.54) is 128 Å². The largest absolute Gasteiger partial charge is 0.481 e. The van der Waals surface area contributed by atoms with E-state index in [1.807, 2.05) is 0 Å². The lowest BCUT2D eigenvalue weighted by molar-refractivity contribution is -0.137. The summed E-state index contributed by atoms with van der Waals surface area (Å²) in [6.07, 6.45) is 30.2. The minimum Gasteiger partial charge on any atom is -0.481 e. The number of aliphatic carboxylic acids is 1. The molecule has 0 aliphatic rings. The molecule has 28 heavy (non-hydrogen) atoms. The number of hydrogen-bond acceptors (Lipinski definition) is 2. The summed E-state index contributed by atoms with van der Waals surface area (Å²) in [5.74, 6) is 0.403. The SMILES string of the molecule is O=C(O)CCCCCCCCCCCCCCCCCCCCCCCCS. The fourth-order valence-electron chi connectivity index (χ4n) is 3.92. The van der Waals surface area contributed by atoms with Gasteiger partial charge in [0, 0.05) is 6.42 Å². The molecule has 0 saturated carbocycles. The maximum atomic E-state index is 10.4. The zero-order valence-electron chi connectivity index (χ0n) is 18.8. The first-order valence-electron chi connectivity index (χ1n) is 12.6. The highest BCUT2D eigenvalue weighted by molar-refractivity contribution is 7.80. The molecular weight excluding hydrogens is 364 g/mol. The molecule has 0 bridgehead atoms. The van der Waals surface area contributed by atoms with Crippen LogP contribution in [0.3, 0.4) is 0 Å². The number of thiol groups is 1. The summed E-state index contributed by atoms with van der Waals surface area (Å²) >= 11 is 4.26. The molecule has 0 aromatic heterocycles. The maximum absolute atomic E-state index is 10.4. The van der Waals surface area contributed by atoms with E-state index < -0.39 is 5.97 Å². The van der Waals surface area contributed by atoms with Crippen LogP contribution in [-0.2, 0) is 4.79 Å². The standard InChI is InChI=1S/C25H50O2S/c26-25(27)23-21-19-17-15-13-11-9-7-5-3-1-2-4-6-8-10-12-14-16-18-20-22-24-28/h28H,1-24H2,(H,26,27). The second-order valence-corrected chi connectivity index (χ2v) is 9.09. The number of rotatable bonds is 24. The number of unbranched alkanes of at least 4 members (excludes halogenated alkanes) is 21. The Bertz CT molecular complexity index is 307. The van der Waals surface area contributed by atoms with Gasteiger partial charge in [0.1, 0.15) is 0 Å². The van der Waals surface area contributed by atoms with E-state index in [1.54, 1.807) is 0 Å². The van der Waals surface area contributed by atoms with Gasteiger partial charge in [-0.1, -0.05) is 128 Å². The molecule has 0 heterocycles. The molecule has 0 aromatic carbocycles. The predicted octanol–water partition coefficient (Wildman–Crippen LogP) is 8.97. The molecule has 0 aromatic rings. The van der Waals surface area contributed by atoms with Crippen molar-refractivity contribution >= 4 is 18.6 Å². The van der Waals surface area contributed by atoms with E-state index in [4.69, 9.17) is 5.11 Å². The molecule has 0 atom stereocenters. The van der Waals surface area contributed by atoms with Crippen LogP contribution in [-0.4, -0.2) is 16.8 Å². The summed E-state index contributed by atoms with van der Waals surface area (Å²) < 4.78 is 0. The van der Waals surface area contributed by atoms with Crippen molar-refractivity contribution in [1.82, 2.24) is 0 Å². The zero-order valence-corrected chi connectivity index (χ0v) is 19.7. The summed E-state index contributed by atoms with van der Waals surface area (Å²) in [6, 6.07) is 0. The first-order valence-corrected chi connectivity index (χ1v) is 13.2. The number of carboxylic acid groups (broad SMARTS) is 1. The van der Waals surface area contributed by atoms with Gasteiger partial charge in [0.15, 0.2) is 0 Å². The Morgan fingerprint density at radius 2 is 0.643 bits per heavy atom. The lowest BCUT2D eigenvalue weighted by Crippen LogP contribution is -1.93. The summed E-state index contributed by atoms with van der Waals surface area (Å²) in [6.45, 7) is 0. The van der Waals surface area contributed by atoms with Crippen LogP contribution in [0.25, 0.3) is 0 Å². The molecule has 2 nitrogen and oxygen atoms in total. The van der Waals surface area contributed by atoms with E-state index in [0.29, 0.717) is 6.42 Å². The third-order valence-electron chi connectivity index (χ3n) is 5.80. The van der Waals surface area contributed by atoms with Gasteiger partial charge in [0.2, 0.25) is 0 Å². The first-order chi connectivity index (χ1) is 13.8. The molecule has 0 saturated heterocycles. The molecule has 0 amide bonds. The van der Waals surface area contributed by atoms with Crippen molar-refractivity contribution < 1.29 is 9.90 Å². The van der Waals surface area contributed by atoms with Crippen molar-refractivity contribution in [2.24, 2.45) is 0 Å². The van der Waals surface area contributed by atoms with Crippen LogP contribution in [0.1, 0.15) is 148 Å². The molecule has 0 aliphatic heterocycles. The first kappa shape index (κ1) is 27.8. The van der Waals surface area contributed by atoms with Crippen LogP contribution in [0.15, 0.2) is 0 Å². The van der Waals surface area contributed by atoms with Crippen molar-refractivity contribution in [3.63, 3.8) is 0 Å². The van der Waals surface area contributed by atoms with Gasteiger partial charge in [0.05, 0.1) is 0 Å². The average molecular weight is 415 g/mol. The topological polar surface area (TPSA) is 37.3 Å². The number of carbonyl (C=O) groups is 1. The summed E-state index contributed by atoms with van der Waals surface area (Å²) in [5.41, 5.74) is 0. The highest BCUT2D eigenvalue weighted by Crippen LogP contribution is 2.15. The Hall–Kier alpha value is -0.180. The van der Waals surface area contributed by atoms with Crippen LogP contribution in [0.4, 0.5) is 0 Å². The third kappa shape index (κ3) is 25.8. The second kappa shape index (κ2) is 24.9. The summed E-state index contributed by atoms with van der Waals surface area (Å²) in [4.78, 5) is 10.4. The van der Waals surface area contributed by atoms with Crippen LogP contribution in [0, 0.1) is 0 Å². The van der Waals surface area contributed by atoms with Crippen molar-refractivity contribution in [1.29, 1.82) is 0 Å².